The first-order chi connectivity index (χ1) is 6.41. The van der Waals surface area contributed by atoms with Gasteiger partial charge in [0.1, 0.15) is 0 Å². The van der Waals surface area contributed by atoms with Gasteiger partial charge in [-0.3, -0.25) is 4.90 Å². The molecule has 0 aromatic carbocycles. The molecule has 0 amide bonds. The number of nitrogens with one attached hydrogen (secondary N) is 1. The van der Waals surface area contributed by atoms with Gasteiger partial charge in [-0.1, -0.05) is 13.8 Å². The molecule has 86 valence electrons. The molecule has 0 rings (SSSR count). The second-order valence-electron chi connectivity index (χ2n) is 3.83. The second-order valence-corrected chi connectivity index (χ2v) is 3.83. The van der Waals surface area contributed by atoms with Gasteiger partial charge in [-0.25, -0.2) is 8.78 Å². The number of hydrogen-bond acceptors (Lipinski definition) is 3. The van der Waals surface area contributed by atoms with Gasteiger partial charge in [0.25, 0.3) is 6.43 Å². The third kappa shape index (κ3) is 8.34. The average Bonchev–Trinajstić information content (AvgIpc) is 1.98. The minimum atomic E-state index is -2.34. The van der Waals surface area contributed by atoms with Crippen molar-refractivity contribution in [1.29, 1.82) is 0 Å². The van der Waals surface area contributed by atoms with Crippen LogP contribution in [-0.4, -0.2) is 55.3 Å². The number of aliphatic hydroxyl groups is 1. The lowest BCUT2D eigenvalue weighted by molar-refractivity contribution is 0.0675. The van der Waals surface area contributed by atoms with Crippen molar-refractivity contribution in [3.63, 3.8) is 0 Å². The maximum Gasteiger partial charge on any atom is 0.251 e. The van der Waals surface area contributed by atoms with E-state index in [9.17, 15) is 13.9 Å². The van der Waals surface area contributed by atoms with Crippen molar-refractivity contribution in [3.05, 3.63) is 0 Å². The van der Waals surface area contributed by atoms with Gasteiger partial charge in [0.15, 0.2) is 0 Å². The second kappa shape index (κ2) is 7.09. The quantitative estimate of drug-likeness (QED) is 0.644. The van der Waals surface area contributed by atoms with Crippen LogP contribution in [0.25, 0.3) is 0 Å². The molecular weight excluding hydrogens is 190 g/mol. The molecule has 1 atom stereocenters. The van der Waals surface area contributed by atoms with E-state index in [1.165, 1.54) is 4.90 Å². The smallest absolute Gasteiger partial charge is 0.251 e. The molecule has 0 saturated carbocycles. The first-order valence-corrected chi connectivity index (χ1v) is 4.80. The zero-order valence-corrected chi connectivity index (χ0v) is 9.00. The highest BCUT2D eigenvalue weighted by Gasteiger charge is 2.12. The summed E-state index contributed by atoms with van der Waals surface area (Å²) in [7, 11) is 1.57. The van der Waals surface area contributed by atoms with E-state index in [4.69, 9.17) is 0 Å². The van der Waals surface area contributed by atoms with Gasteiger partial charge in [0.2, 0.25) is 0 Å². The van der Waals surface area contributed by atoms with Crippen LogP contribution in [-0.2, 0) is 0 Å². The molecule has 0 bridgehead atoms. The maximum absolute atomic E-state index is 11.9. The Bertz CT molecular complexity index is 145. The van der Waals surface area contributed by atoms with Crippen LogP contribution in [0.4, 0.5) is 8.78 Å². The van der Waals surface area contributed by atoms with Crippen molar-refractivity contribution >= 4 is 0 Å². The fourth-order valence-electron chi connectivity index (χ4n) is 1.11. The molecule has 2 N–H and O–H groups in total. The van der Waals surface area contributed by atoms with E-state index in [0.29, 0.717) is 12.6 Å². The number of hydrogen-bond donors (Lipinski definition) is 2. The van der Waals surface area contributed by atoms with Crippen molar-refractivity contribution in [3.8, 4) is 0 Å². The van der Waals surface area contributed by atoms with Crippen molar-refractivity contribution in [2.24, 2.45) is 0 Å². The van der Waals surface area contributed by atoms with E-state index in [0.717, 1.165) is 0 Å². The zero-order chi connectivity index (χ0) is 11.1. The van der Waals surface area contributed by atoms with Crippen LogP contribution in [0.3, 0.4) is 0 Å². The van der Waals surface area contributed by atoms with Crippen molar-refractivity contribution in [1.82, 2.24) is 10.2 Å². The summed E-state index contributed by atoms with van der Waals surface area (Å²) in [5.41, 5.74) is 0. The summed E-state index contributed by atoms with van der Waals surface area (Å²) in [6.45, 7) is 4.35. The van der Waals surface area contributed by atoms with Crippen molar-refractivity contribution in [2.75, 3.05) is 26.7 Å². The molecule has 1 unspecified atom stereocenters. The van der Waals surface area contributed by atoms with Gasteiger partial charge in [-0.05, 0) is 7.05 Å². The van der Waals surface area contributed by atoms with Crippen LogP contribution in [0, 0.1) is 0 Å². The molecule has 14 heavy (non-hydrogen) atoms. The lowest BCUT2D eigenvalue weighted by Gasteiger charge is -2.21. The molecule has 0 heterocycles. The summed E-state index contributed by atoms with van der Waals surface area (Å²) < 4.78 is 23.8. The fourth-order valence-corrected chi connectivity index (χ4v) is 1.11. The first-order valence-electron chi connectivity index (χ1n) is 4.80. The van der Waals surface area contributed by atoms with Crippen molar-refractivity contribution in [2.45, 2.75) is 32.4 Å². The summed E-state index contributed by atoms with van der Waals surface area (Å²) in [6, 6.07) is 0.296. The van der Waals surface area contributed by atoms with Crippen LogP contribution in [0.5, 0.6) is 0 Å². The number of alkyl halides is 2. The molecule has 0 aliphatic heterocycles. The molecule has 3 nitrogen and oxygen atoms in total. The third-order valence-electron chi connectivity index (χ3n) is 1.73. The van der Waals surface area contributed by atoms with E-state index < -0.39 is 12.5 Å². The highest BCUT2D eigenvalue weighted by Crippen LogP contribution is 1.96. The predicted octanol–water partition coefficient (Wildman–Crippen LogP) is 0.542. The van der Waals surface area contributed by atoms with Gasteiger partial charge in [-0.2, -0.15) is 0 Å². The zero-order valence-electron chi connectivity index (χ0n) is 9.00. The van der Waals surface area contributed by atoms with Crippen LogP contribution in [0.15, 0.2) is 0 Å². The van der Waals surface area contributed by atoms with E-state index in [1.54, 1.807) is 7.05 Å². The Labute approximate surface area is 84.1 Å². The number of likely N-dealkylation sites (N-methyl/N-ethyl adjacent to an activating group) is 1. The highest BCUT2D eigenvalue weighted by atomic mass is 19.3. The van der Waals surface area contributed by atoms with Gasteiger partial charge >= 0.3 is 0 Å². The van der Waals surface area contributed by atoms with Crippen molar-refractivity contribution < 1.29 is 13.9 Å². The largest absolute Gasteiger partial charge is 0.390 e. The normalized spacial score (nSPS) is 14.4. The number of rotatable bonds is 7. The summed E-state index contributed by atoms with van der Waals surface area (Å²) in [5.74, 6) is 0. The molecule has 0 spiro atoms. The minimum absolute atomic E-state index is 0.268. The highest BCUT2D eigenvalue weighted by molar-refractivity contribution is 4.66. The maximum atomic E-state index is 11.9. The molecular formula is C9H20F2N2O. The molecule has 0 aliphatic carbocycles. The molecule has 0 saturated heterocycles. The van der Waals surface area contributed by atoms with Gasteiger partial charge in [-0.15, -0.1) is 0 Å². The van der Waals surface area contributed by atoms with Gasteiger partial charge in [0.05, 0.1) is 12.6 Å². The lowest BCUT2D eigenvalue weighted by Crippen LogP contribution is -2.40. The van der Waals surface area contributed by atoms with E-state index in [1.807, 2.05) is 13.8 Å². The van der Waals surface area contributed by atoms with Crippen LogP contribution in [0.2, 0.25) is 0 Å². The SMILES string of the molecule is CC(C)NCC(O)CN(C)CC(F)F. The van der Waals surface area contributed by atoms with Crippen LogP contribution >= 0.6 is 0 Å². The summed E-state index contributed by atoms with van der Waals surface area (Å²) in [4.78, 5) is 1.43. The Kier molecular flexibility index (Phi) is 6.96. The summed E-state index contributed by atoms with van der Waals surface area (Å²) in [6.07, 6.45) is -2.94. The van der Waals surface area contributed by atoms with E-state index in [2.05, 4.69) is 5.32 Å². The Balaban J connectivity index is 3.55. The standard InChI is InChI=1S/C9H20F2N2O/c1-7(2)12-4-8(14)5-13(3)6-9(10)11/h7-9,12,14H,4-6H2,1-3H3. The lowest BCUT2D eigenvalue weighted by atomic mass is 10.3. The van der Waals surface area contributed by atoms with Gasteiger partial charge < -0.3 is 10.4 Å². The molecule has 0 aromatic rings. The van der Waals surface area contributed by atoms with Gasteiger partial charge in [0, 0.05) is 19.1 Å². The molecule has 0 radical (unpaired) electrons. The predicted molar refractivity (Wildman–Crippen MR) is 52.6 cm³/mol. The van der Waals surface area contributed by atoms with E-state index in [-0.39, 0.29) is 13.1 Å². The Morgan fingerprint density at radius 3 is 2.29 bits per heavy atom. The fraction of sp³-hybridized carbons (Fsp3) is 1.00. The molecule has 0 aliphatic rings. The average molecular weight is 210 g/mol. The molecule has 5 heteroatoms. The Morgan fingerprint density at radius 1 is 1.29 bits per heavy atom. The molecule has 0 aromatic heterocycles. The summed E-state index contributed by atoms with van der Waals surface area (Å²) in [5, 5.41) is 12.5. The van der Waals surface area contributed by atoms with E-state index >= 15 is 0 Å². The first kappa shape index (κ1) is 13.7. The summed E-state index contributed by atoms with van der Waals surface area (Å²) >= 11 is 0. The number of aliphatic hydroxyl groups excluding tert-OH is 1. The Hall–Kier alpha value is -0.260. The number of halogens is 2. The monoisotopic (exact) mass is 210 g/mol. The third-order valence-corrected chi connectivity index (χ3v) is 1.73. The molecule has 0 fully saturated rings. The minimum Gasteiger partial charge on any atom is -0.390 e. The topological polar surface area (TPSA) is 35.5 Å². The van der Waals surface area contributed by atoms with Crippen LogP contribution < -0.4 is 5.32 Å². The number of nitrogens with zero attached hydrogens (tertiary/aromatic N) is 1. The van der Waals surface area contributed by atoms with Crippen LogP contribution in [0.1, 0.15) is 13.8 Å². The Morgan fingerprint density at radius 2 is 1.86 bits per heavy atom.